The number of hydrogen-bond donors (Lipinski definition) is 2. The zero-order valence-electron chi connectivity index (χ0n) is 22.8. The predicted molar refractivity (Wildman–Crippen MR) is 149 cm³/mol. The zero-order chi connectivity index (χ0) is 29.0. The van der Waals surface area contributed by atoms with Crippen LogP contribution in [0.2, 0.25) is 0 Å². The number of hydrogen-bond acceptors (Lipinski definition) is 11. The van der Waals surface area contributed by atoms with Crippen LogP contribution in [0.4, 0.5) is 11.4 Å². The first kappa shape index (κ1) is 28.5. The molecule has 0 radical (unpaired) electrons. The Bertz CT molecular complexity index is 1680. The van der Waals surface area contributed by atoms with Crippen molar-refractivity contribution >= 4 is 38.3 Å². The summed E-state index contributed by atoms with van der Waals surface area (Å²) in [6, 6.07) is 10.2. The number of aromatic nitrogens is 3. The van der Waals surface area contributed by atoms with Crippen molar-refractivity contribution in [3.63, 3.8) is 0 Å². The maximum absolute atomic E-state index is 13.0. The van der Waals surface area contributed by atoms with Gasteiger partial charge in [-0.05, 0) is 44.7 Å². The van der Waals surface area contributed by atoms with E-state index < -0.39 is 16.0 Å². The Morgan fingerprint density at radius 3 is 2.40 bits per heavy atom. The molecular weight excluding hydrogens is 538 g/mol. The number of methoxy groups -OCH3 is 3. The molecule has 4 aromatic rings. The van der Waals surface area contributed by atoms with Gasteiger partial charge in [0.1, 0.15) is 10.6 Å². The van der Waals surface area contributed by atoms with E-state index >= 15 is 0 Å². The number of benzene rings is 2. The van der Waals surface area contributed by atoms with E-state index in [9.17, 15) is 13.2 Å². The number of rotatable bonds is 10. The molecular formula is C27H29N5O7S. The van der Waals surface area contributed by atoms with Gasteiger partial charge < -0.3 is 24.3 Å². The topological polar surface area (TPSA) is 151 Å². The summed E-state index contributed by atoms with van der Waals surface area (Å²) >= 11 is 0. The van der Waals surface area contributed by atoms with Crippen LogP contribution in [0.25, 0.3) is 22.0 Å². The summed E-state index contributed by atoms with van der Waals surface area (Å²) in [5.74, 6) is 0.141. The van der Waals surface area contributed by atoms with Crippen LogP contribution >= 0.6 is 0 Å². The van der Waals surface area contributed by atoms with Crippen LogP contribution in [0.1, 0.15) is 24.2 Å². The SMILES string of the molecule is CNS(=O)(=O)c1cnc2cc(-c3cnc(OC)nc3OC)ccc2c1Nc1cc(OC(C)C)cc(C(=O)OC)c1. The molecule has 2 N–H and O–H groups in total. The molecule has 12 nitrogen and oxygen atoms in total. The number of carbonyl (C=O) groups excluding carboxylic acids is 1. The molecule has 0 fully saturated rings. The molecule has 2 aromatic carbocycles. The normalized spacial score (nSPS) is 11.4. The second kappa shape index (κ2) is 11.7. The first-order chi connectivity index (χ1) is 19.1. The van der Waals surface area contributed by atoms with Gasteiger partial charge in [-0.25, -0.2) is 22.9 Å². The Morgan fingerprint density at radius 2 is 1.75 bits per heavy atom. The van der Waals surface area contributed by atoms with Gasteiger partial charge in [0, 0.05) is 29.5 Å². The number of nitrogens with one attached hydrogen (secondary N) is 2. The minimum absolute atomic E-state index is 0.0876. The van der Waals surface area contributed by atoms with Gasteiger partial charge in [-0.2, -0.15) is 4.98 Å². The molecule has 0 bridgehead atoms. The molecule has 4 rings (SSSR count). The maximum atomic E-state index is 13.0. The molecule has 0 aliphatic carbocycles. The molecule has 0 atom stereocenters. The van der Waals surface area contributed by atoms with Gasteiger partial charge in [-0.15, -0.1) is 0 Å². The molecule has 0 spiro atoms. The minimum atomic E-state index is -3.93. The van der Waals surface area contributed by atoms with Crippen LogP contribution in [0, 0.1) is 0 Å². The number of ether oxygens (including phenoxy) is 4. The maximum Gasteiger partial charge on any atom is 0.338 e. The molecule has 0 aliphatic rings. The van der Waals surface area contributed by atoms with E-state index in [2.05, 4.69) is 25.0 Å². The number of fused-ring (bicyclic) bond motifs is 1. The average molecular weight is 568 g/mol. The van der Waals surface area contributed by atoms with Crippen LogP contribution in [-0.4, -0.2) is 63.8 Å². The molecule has 2 aromatic heterocycles. The third-order valence-electron chi connectivity index (χ3n) is 5.78. The Kier molecular flexibility index (Phi) is 8.35. The highest BCUT2D eigenvalue weighted by molar-refractivity contribution is 7.89. The monoisotopic (exact) mass is 567 g/mol. The second-order valence-corrected chi connectivity index (χ2v) is 10.6. The Hall–Kier alpha value is -4.49. The summed E-state index contributed by atoms with van der Waals surface area (Å²) in [5.41, 5.74) is 2.66. The van der Waals surface area contributed by atoms with Crippen molar-refractivity contribution in [1.82, 2.24) is 19.7 Å². The zero-order valence-corrected chi connectivity index (χ0v) is 23.6. The highest BCUT2D eigenvalue weighted by Crippen LogP contribution is 2.37. The van der Waals surface area contributed by atoms with Gasteiger partial charge in [0.15, 0.2) is 0 Å². The van der Waals surface area contributed by atoms with Crippen LogP contribution in [0.15, 0.2) is 53.7 Å². The lowest BCUT2D eigenvalue weighted by molar-refractivity contribution is 0.0600. The number of esters is 1. The van der Waals surface area contributed by atoms with Crippen molar-refractivity contribution in [2.75, 3.05) is 33.7 Å². The third-order valence-corrected chi connectivity index (χ3v) is 7.21. The average Bonchev–Trinajstić information content (AvgIpc) is 2.95. The first-order valence-corrected chi connectivity index (χ1v) is 13.6. The Labute approximate surface area is 231 Å². The fourth-order valence-corrected chi connectivity index (χ4v) is 4.82. The summed E-state index contributed by atoms with van der Waals surface area (Å²) < 4.78 is 49.5. The fourth-order valence-electron chi connectivity index (χ4n) is 3.98. The molecule has 2 heterocycles. The lowest BCUT2D eigenvalue weighted by Gasteiger charge is -2.18. The van der Waals surface area contributed by atoms with Crippen molar-refractivity contribution in [3.8, 4) is 28.8 Å². The van der Waals surface area contributed by atoms with Gasteiger partial charge in [0.25, 0.3) is 0 Å². The molecule has 0 aliphatic heterocycles. The van der Waals surface area contributed by atoms with Crippen LogP contribution in [0.5, 0.6) is 17.6 Å². The molecule has 0 saturated heterocycles. The number of sulfonamides is 1. The van der Waals surface area contributed by atoms with E-state index in [-0.39, 0.29) is 28.3 Å². The number of nitrogens with zero attached hydrogens (tertiary/aromatic N) is 3. The molecule has 0 saturated carbocycles. The standard InChI is InChI=1S/C27H29N5O7S/c1-15(2)39-19-10-17(26(33)37-5)9-18(12-19)31-24-20-8-7-16(21-13-30-27(38-6)32-25(21)36-4)11-22(20)29-14-23(24)40(34,35)28-3/h7-15,28H,1-6H3,(H,29,31). The first-order valence-electron chi connectivity index (χ1n) is 12.1. The summed E-state index contributed by atoms with van der Waals surface area (Å²) in [6.07, 6.45) is 2.66. The van der Waals surface area contributed by atoms with Crippen molar-refractivity contribution in [2.45, 2.75) is 24.8 Å². The van der Waals surface area contributed by atoms with E-state index in [1.54, 1.807) is 42.6 Å². The van der Waals surface area contributed by atoms with Gasteiger partial charge in [-0.1, -0.05) is 12.1 Å². The summed E-state index contributed by atoms with van der Waals surface area (Å²) in [5, 5.41) is 3.68. The van der Waals surface area contributed by atoms with E-state index in [4.69, 9.17) is 18.9 Å². The van der Waals surface area contributed by atoms with Crippen LogP contribution in [0.3, 0.4) is 0 Å². The van der Waals surface area contributed by atoms with Crippen LogP contribution in [-0.2, 0) is 14.8 Å². The van der Waals surface area contributed by atoms with Gasteiger partial charge in [0.2, 0.25) is 15.9 Å². The predicted octanol–water partition coefficient (Wildman–Crippen LogP) is 3.93. The van der Waals surface area contributed by atoms with E-state index in [0.29, 0.717) is 39.3 Å². The van der Waals surface area contributed by atoms with E-state index in [1.165, 1.54) is 34.6 Å². The second-order valence-electron chi connectivity index (χ2n) is 8.75. The molecule has 0 unspecified atom stereocenters. The summed E-state index contributed by atoms with van der Waals surface area (Å²) in [6.45, 7) is 3.71. The summed E-state index contributed by atoms with van der Waals surface area (Å²) in [7, 11) is 1.60. The Balaban J connectivity index is 1.90. The largest absolute Gasteiger partial charge is 0.491 e. The number of carbonyl (C=O) groups is 1. The minimum Gasteiger partial charge on any atom is -0.491 e. The Morgan fingerprint density at radius 1 is 0.975 bits per heavy atom. The van der Waals surface area contributed by atoms with Crippen molar-refractivity contribution < 1.29 is 32.2 Å². The highest BCUT2D eigenvalue weighted by atomic mass is 32.2. The van der Waals surface area contributed by atoms with E-state index in [0.717, 1.165) is 0 Å². The molecule has 13 heteroatoms. The van der Waals surface area contributed by atoms with Gasteiger partial charge in [0.05, 0.1) is 49.8 Å². The molecule has 210 valence electrons. The van der Waals surface area contributed by atoms with Crippen molar-refractivity contribution in [2.24, 2.45) is 0 Å². The van der Waals surface area contributed by atoms with Gasteiger partial charge >= 0.3 is 12.0 Å². The lowest BCUT2D eigenvalue weighted by atomic mass is 10.0. The van der Waals surface area contributed by atoms with Gasteiger partial charge in [-0.3, -0.25) is 4.98 Å². The van der Waals surface area contributed by atoms with Crippen LogP contribution < -0.4 is 24.2 Å². The molecule has 40 heavy (non-hydrogen) atoms. The number of anilines is 2. The van der Waals surface area contributed by atoms with E-state index in [1.807, 2.05) is 13.8 Å². The van der Waals surface area contributed by atoms with Crippen molar-refractivity contribution in [1.29, 1.82) is 0 Å². The third kappa shape index (κ3) is 5.90. The lowest BCUT2D eigenvalue weighted by Crippen LogP contribution is -2.20. The number of pyridine rings is 1. The fraction of sp³-hybridized carbons (Fsp3) is 0.259. The summed E-state index contributed by atoms with van der Waals surface area (Å²) in [4.78, 5) is 25.1. The molecule has 0 amide bonds. The van der Waals surface area contributed by atoms with Crippen molar-refractivity contribution in [3.05, 3.63) is 54.4 Å². The highest BCUT2D eigenvalue weighted by Gasteiger charge is 2.22. The smallest absolute Gasteiger partial charge is 0.338 e. The quantitative estimate of drug-likeness (QED) is 0.268.